The molecule has 0 bridgehead atoms. The van der Waals surface area contributed by atoms with Crippen LogP contribution in [0.5, 0.6) is 5.75 Å². The molecule has 2 aliphatic rings. The van der Waals surface area contributed by atoms with E-state index in [1.54, 1.807) is 43.3 Å². The minimum atomic E-state index is -2.09. The van der Waals surface area contributed by atoms with Crippen molar-refractivity contribution >= 4 is 23.5 Å². The number of benzene rings is 1. The number of hydrogen-bond acceptors (Lipinski definition) is 8. The average molecular weight is 491 g/mol. The molecule has 1 aromatic carbocycles. The van der Waals surface area contributed by atoms with Crippen LogP contribution >= 0.6 is 0 Å². The van der Waals surface area contributed by atoms with E-state index >= 15 is 0 Å². The van der Waals surface area contributed by atoms with Gasteiger partial charge in [0, 0.05) is 23.0 Å². The summed E-state index contributed by atoms with van der Waals surface area (Å²) < 4.78 is 17.5. The zero-order chi connectivity index (χ0) is 25.8. The van der Waals surface area contributed by atoms with Crippen LogP contribution in [0.1, 0.15) is 22.6 Å². The zero-order valence-corrected chi connectivity index (χ0v) is 19.3. The number of rotatable bonds is 5. The monoisotopic (exact) mass is 491 g/mol. The molecule has 0 saturated heterocycles. The Morgan fingerprint density at radius 1 is 1.17 bits per heavy atom. The van der Waals surface area contributed by atoms with E-state index in [0.717, 1.165) is 12.0 Å². The molecule has 3 N–H and O–H groups in total. The van der Waals surface area contributed by atoms with Gasteiger partial charge < -0.3 is 29.3 Å². The number of carbonyl (C=O) groups is 3. The van der Waals surface area contributed by atoms with Gasteiger partial charge in [-0.3, -0.25) is 19.3 Å². The second-order valence-electron chi connectivity index (χ2n) is 8.38. The highest BCUT2D eigenvalue weighted by Gasteiger charge is 2.62. The maximum Gasteiger partial charge on any atom is 0.340 e. The number of esters is 1. The van der Waals surface area contributed by atoms with Crippen LogP contribution in [0.15, 0.2) is 69.4 Å². The van der Waals surface area contributed by atoms with E-state index < -0.39 is 46.8 Å². The summed E-state index contributed by atoms with van der Waals surface area (Å²) in [4.78, 5) is 54.1. The number of aryl methyl sites for hydroxylation is 1. The fourth-order valence-electron chi connectivity index (χ4n) is 4.98. The van der Waals surface area contributed by atoms with Crippen molar-refractivity contribution in [1.29, 1.82) is 0 Å². The van der Waals surface area contributed by atoms with Gasteiger partial charge in [-0.1, -0.05) is 18.2 Å². The first kappa shape index (κ1) is 23.0. The Bertz CT molecular complexity index is 1520. The summed E-state index contributed by atoms with van der Waals surface area (Å²) in [7, 11) is 1.11. The Morgan fingerprint density at radius 3 is 2.58 bits per heavy atom. The first-order valence-corrected chi connectivity index (χ1v) is 10.9. The first-order valence-electron chi connectivity index (χ1n) is 10.9. The minimum Gasteiger partial charge on any atom is -0.480 e. The number of carbonyl (C=O) groups excluding carboxylic acids is 2. The molecular weight excluding hydrogens is 470 g/mol. The predicted octanol–water partition coefficient (Wildman–Crippen LogP) is 1.25. The molecule has 2 aromatic heterocycles. The number of ether oxygens (including phenoxy) is 2. The van der Waals surface area contributed by atoms with Gasteiger partial charge in [0.2, 0.25) is 11.8 Å². The van der Waals surface area contributed by atoms with Gasteiger partial charge in [0.05, 0.1) is 25.5 Å². The molecule has 184 valence electrons. The third-order valence-electron chi connectivity index (χ3n) is 6.43. The van der Waals surface area contributed by atoms with E-state index in [0.29, 0.717) is 11.5 Å². The number of aromatic nitrogens is 1. The van der Waals surface area contributed by atoms with Gasteiger partial charge in [-0.15, -0.1) is 0 Å². The summed E-state index contributed by atoms with van der Waals surface area (Å²) in [6, 6.07) is 11.2. The summed E-state index contributed by atoms with van der Waals surface area (Å²) in [6.45, 7) is 1.02. The SMILES string of the molecule is COC(=O)C1=C(N)Oc2cc(C)n(Cc3ccco3)c(=O)c2[C@@]12C(=O)N(CC(=O)O)c1ccccc12. The first-order chi connectivity index (χ1) is 17.2. The number of aliphatic carboxylic acids is 1. The maximum atomic E-state index is 14.2. The second-order valence-corrected chi connectivity index (χ2v) is 8.38. The van der Waals surface area contributed by atoms with Gasteiger partial charge in [-0.2, -0.15) is 0 Å². The van der Waals surface area contributed by atoms with Gasteiger partial charge in [0.1, 0.15) is 29.0 Å². The quantitative estimate of drug-likeness (QED) is 0.502. The lowest BCUT2D eigenvalue weighted by molar-refractivity contribution is -0.138. The molecule has 1 amide bonds. The van der Waals surface area contributed by atoms with Crippen LogP contribution in [0, 0.1) is 6.92 Å². The van der Waals surface area contributed by atoms with E-state index in [2.05, 4.69) is 0 Å². The maximum absolute atomic E-state index is 14.2. The molecule has 1 atom stereocenters. The number of para-hydroxylation sites is 1. The van der Waals surface area contributed by atoms with Gasteiger partial charge in [-0.25, -0.2) is 4.79 Å². The van der Waals surface area contributed by atoms with Crippen LogP contribution in [-0.4, -0.2) is 41.2 Å². The molecular formula is C25H21N3O8. The van der Waals surface area contributed by atoms with Crippen molar-refractivity contribution in [2.75, 3.05) is 18.6 Å². The molecule has 5 rings (SSSR count). The van der Waals surface area contributed by atoms with Crippen molar-refractivity contribution in [2.24, 2.45) is 5.73 Å². The number of fused-ring (bicyclic) bond motifs is 4. The number of anilines is 1. The Labute approximate surface area is 203 Å². The molecule has 2 aliphatic heterocycles. The highest BCUT2D eigenvalue weighted by Crippen LogP contribution is 2.54. The topological polar surface area (TPSA) is 154 Å². The number of carboxylic acid groups (broad SMARTS) is 1. The number of nitrogens with zero attached hydrogens (tertiary/aromatic N) is 2. The van der Waals surface area contributed by atoms with Crippen LogP contribution in [0.3, 0.4) is 0 Å². The van der Waals surface area contributed by atoms with Gasteiger partial charge in [-0.05, 0) is 25.1 Å². The Balaban J connectivity index is 1.89. The molecule has 0 unspecified atom stereocenters. The summed E-state index contributed by atoms with van der Waals surface area (Å²) in [6.07, 6.45) is 1.47. The van der Waals surface area contributed by atoms with Crippen LogP contribution in [0.4, 0.5) is 5.69 Å². The summed E-state index contributed by atoms with van der Waals surface area (Å²) >= 11 is 0. The molecule has 4 heterocycles. The summed E-state index contributed by atoms with van der Waals surface area (Å²) in [5, 5.41) is 9.53. The van der Waals surface area contributed by atoms with Crippen molar-refractivity contribution in [3.8, 4) is 5.75 Å². The number of pyridine rings is 1. The van der Waals surface area contributed by atoms with Gasteiger partial charge in [0.15, 0.2) is 0 Å². The lowest BCUT2D eigenvalue weighted by atomic mass is 9.68. The molecule has 3 aromatic rings. The number of carboxylic acids is 1. The third-order valence-corrected chi connectivity index (χ3v) is 6.43. The molecule has 11 heteroatoms. The molecule has 1 spiro atoms. The van der Waals surface area contributed by atoms with Gasteiger partial charge >= 0.3 is 11.9 Å². The molecule has 0 aliphatic carbocycles. The number of furan rings is 1. The van der Waals surface area contributed by atoms with Crippen LogP contribution in [0.25, 0.3) is 0 Å². The number of hydrogen-bond donors (Lipinski definition) is 2. The minimum absolute atomic E-state index is 0.0151. The van der Waals surface area contributed by atoms with E-state index in [1.807, 2.05) is 0 Å². The summed E-state index contributed by atoms with van der Waals surface area (Å²) in [5.41, 5.74) is 3.83. The van der Waals surface area contributed by atoms with Gasteiger partial charge in [0.25, 0.3) is 5.56 Å². The van der Waals surface area contributed by atoms with Crippen molar-refractivity contribution in [3.05, 3.63) is 93.1 Å². The van der Waals surface area contributed by atoms with E-state index in [9.17, 15) is 24.3 Å². The largest absolute Gasteiger partial charge is 0.480 e. The van der Waals surface area contributed by atoms with Crippen LogP contribution in [0.2, 0.25) is 0 Å². The standard InChI is InChI=1S/C25H21N3O8/c1-13-10-17-19(22(31)27(13)11-14-6-5-9-35-14)25(20(21(26)36-17)23(32)34-2)15-7-3-4-8-16(15)28(24(25)33)12-18(29)30/h3-10H,11-12,26H2,1-2H3,(H,29,30)/t25-/m1/s1. The van der Waals surface area contributed by atoms with Crippen molar-refractivity contribution in [1.82, 2.24) is 4.57 Å². The lowest BCUT2D eigenvalue weighted by Crippen LogP contribution is -2.52. The number of amides is 1. The molecule has 0 saturated carbocycles. The normalized spacial score (nSPS) is 18.2. The molecule has 36 heavy (non-hydrogen) atoms. The highest BCUT2D eigenvalue weighted by molar-refractivity contribution is 6.19. The van der Waals surface area contributed by atoms with E-state index in [4.69, 9.17) is 19.6 Å². The van der Waals surface area contributed by atoms with Crippen LogP contribution < -0.4 is 20.9 Å². The predicted molar refractivity (Wildman–Crippen MR) is 124 cm³/mol. The Morgan fingerprint density at radius 2 is 1.92 bits per heavy atom. The number of nitrogens with two attached hydrogens (primary N) is 1. The Kier molecular flexibility index (Phi) is 5.20. The van der Waals surface area contributed by atoms with Crippen molar-refractivity contribution in [3.63, 3.8) is 0 Å². The third kappa shape index (κ3) is 3.05. The van der Waals surface area contributed by atoms with Crippen molar-refractivity contribution in [2.45, 2.75) is 18.9 Å². The van der Waals surface area contributed by atoms with Crippen molar-refractivity contribution < 1.29 is 33.4 Å². The molecule has 0 fully saturated rings. The smallest absolute Gasteiger partial charge is 0.340 e. The van der Waals surface area contributed by atoms with Crippen LogP contribution in [-0.2, 0) is 31.1 Å². The average Bonchev–Trinajstić information content (AvgIpc) is 3.43. The fourth-order valence-corrected chi connectivity index (χ4v) is 4.98. The number of methoxy groups -OCH3 is 1. The Hall–Kier alpha value is -4.80. The molecule has 11 nitrogen and oxygen atoms in total. The lowest BCUT2D eigenvalue weighted by Gasteiger charge is -2.35. The van der Waals surface area contributed by atoms with E-state index in [-0.39, 0.29) is 29.1 Å². The fraction of sp³-hybridized carbons (Fsp3) is 0.200. The second kappa shape index (κ2) is 8.15. The zero-order valence-electron chi connectivity index (χ0n) is 19.3. The van der Waals surface area contributed by atoms with E-state index in [1.165, 1.54) is 16.9 Å². The molecule has 0 radical (unpaired) electrons. The highest BCUT2D eigenvalue weighted by atomic mass is 16.5. The summed E-state index contributed by atoms with van der Waals surface area (Å²) in [5.74, 6) is -3.05.